The first-order chi connectivity index (χ1) is 11.1. The Kier molecular flexibility index (Phi) is 6.96. The summed E-state index contributed by atoms with van der Waals surface area (Å²) in [5.41, 5.74) is 2.52. The van der Waals surface area contributed by atoms with Crippen LogP contribution >= 0.6 is 0 Å². The molecule has 5 nitrogen and oxygen atoms in total. The monoisotopic (exact) mass is 333 g/mol. The summed E-state index contributed by atoms with van der Waals surface area (Å²) in [6, 6.07) is 7.57. The Morgan fingerprint density at radius 1 is 1.00 bits per heavy atom. The van der Waals surface area contributed by atoms with E-state index in [0.717, 1.165) is 5.56 Å². The van der Waals surface area contributed by atoms with Gasteiger partial charge >= 0.3 is 6.03 Å². The molecular formula is C19H31N3O2. The van der Waals surface area contributed by atoms with E-state index in [4.69, 9.17) is 0 Å². The maximum atomic E-state index is 12.1. The number of benzene rings is 1. The SMILES string of the molecule is CNC(=O)NC(=O)[C@@H](C)N[C@H](c1ccc(C(C)(C)C)cc1)C(C)C. The third-order valence-electron chi connectivity index (χ3n) is 4.09. The molecule has 1 aromatic rings. The molecule has 0 aromatic heterocycles. The van der Waals surface area contributed by atoms with E-state index in [1.54, 1.807) is 6.92 Å². The molecule has 0 unspecified atom stereocenters. The maximum Gasteiger partial charge on any atom is 0.321 e. The summed E-state index contributed by atoms with van der Waals surface area (Å²) < 4.78 is 0. The van der Waals surface area contributed by atoms with Gasteiger partial charge in [-0.05, 0) is 29.4 Å². The molecule has 0 aliphatic heterocycles. The molecule has 3 amide bonds. The van der Waals surface area contributed by atoms with Crippen molar-refractivity contribution in [2.75, 3.05) is 7.05 Å². The van der Waals surface area contributed by atoms with Crippen LogP contribution in [-0.4, -0.2) is 25.0 Å². The molecule has 0 fully saturated rings. The molecule has 2 atom stereocenters. The minimum Gasteiger partial charge on any atom is -0.341 e. The van der Waals surface area contributed by atoms with Gasteiger partial charge in [0.1, 0.15) is 0 Å². The summed E-state index contributed by atoms with van der Waals surface area (Å²) in [5, 5.41) is 8.01. The van der Waals surface area contributed by atoms with Gasteiger partial charge in [0.25, 0.3) is 0 Å². The molecule has 134 valence electrons. The van der Waals surface area contributed by atoms with Crippen LogP contribution in [0.3, 0.4) is 0 Å². The van der Waals surface area contributed by atoms with E-state index < -0.39 is 12.1 Å². The zero-order valence-corrected chi connectivity index (χ0v) is 15.9. The van der Waals surface area contributed by atoms with Crippen LogP contribution < -0.4 is 16.0 Å². The minimum atomic E-state index is -0.496. The zero-order valence-electron chi connectivity index (χ0n) is 15.9. The van der Waals surface area contributed by atoms with E-state index in [1.165, 1.54) is 12.6 Å². The number of carbonyl (C=O) groups is 2. The summed E-state index contributed by atoms with van der Waals surface area (Å²) in [7, 11) is 1.48. The van der Waals surface area contributed by atoms with Crippen LogP contribution in [0.15, 0.2) is 24.3 Å². The standard InChI is InChI=1S/C19H31N3O2/c1-12(2)16(21-13(3)17(23)22-18(24)20-7)14-8-10-15(11-9-14)19(4,5)6/h8-13,16,21H,1-7H3,(H2,20,22,23,24)/t13-,16+/m1/s1. The Hall–Kier alpha value is -1.88. The van der Waals surface area contributed by atoms with Crippen molar-refractivity contribution in [1.29, 1.82) is 0 Å². The quantitative estimate of drug-likeness (QED) is 0.775. The molecular weight excluding hydrogens is 302 g/mol. The van der Waals surface area contributed by atoms with Gasteiger partial charge in [-0.15, -0.1) is 0 Å². The highest BCUT2D eigenvalue weighted by Gasteiger charge is 2.23. The first-order valence-corrected chi connectivity index (χ1v) is 8.45. The smallest absolute Gasteiger partial charge is 0.321 e. The Bertz CT molecular complexity index is 559. The molecule has 5 heteroatoms. The first-order valence-electron chi connectivity index (χ1n) is 8.45. The lowest BCUT2D eigenvalue weighted by atomic mass is 9.85. The third-order valence-corrected chi connectivity index (χ3v) is 4.09. The summed E-state index contributed by atoms with van der Waals surface area (Å²) in [4.78, 5) is 23.3. The Labute approximate surface area is 145 Å². The van der Waals surface area contributed by atoms with Crippen LogP contribution in [-0.2, 0) is 10.2 Å². The second-order valence-corrected chi connectivity index (χ2v) is 7.55. The second-order valence-electron chi connectivity index (χ2n) is 7.55. The average molecular weight is 333 g/mol. The lowest BCUT2D eigenvalue weighted by Gasteiger charge is -2.27. The molecule has 0 heterocycles. The van der Waals surface area contributed by atoms with Crippen molar-refractivity contribution >= 4 is 11.9 Å². The number of urea groups is 1. The van der Waals surface area contributed by atoms with Crippen LogP contribution in [0.1, 0.15) is 58.7 Å². The number of nitrogens with one attached hydrogen (secondary N) is 3. The van der Waals surface area contributed by atoms with Crippen molar-refractivity contribution in [3.63, 3.8) is 0 Å². The van der Waals surface area contributed by atoms with Gasteiger partial charge in [0.2, 0.25) is 5.91 Å². The second kappa shape index (κ2) is 8.29. The summed E-state index contributed by atoms with van der Waals surface area (Å²) in [6.45, 7) is 12.5. The van der Waals surface area contributed by atoms with Crippen LogP contribution in [0.2, 0.25) is 0 Å². The zero-order chi connectivity index (χ0) is 18.5. The van der Waals surface area contributed by atoms with Gasteiger partial charge in [-0.2, -0.15) is 0 Å². The van der Waals surface area contributed by atoms with E-state index >= 15 is 0 Å². The number of rotatable bonds is 5. The van der Waals surface area contributed by atoms with Gasteiger partial charge in [-0.3, -0.25) is 15.4 Å². The first kappa shape index (κ1) is 20.2. The molecule has 24 heavy (non-hydrogen) atoms. The molecule has 0 bridgehead atoms. The van der Waals surface area contributed by atoms with Crippen molar-refractivity contribution in [2.45, 2.75) is 59.0 Å². The van der Waals surface area contributed by atoms with E-state index in [2.05, 4.69) is 74.8 Å². The summed E-state index contributed by atoms with van der Waals surface area (Å²) >= 11 is 0. The molecule has 0 aliphatic carbocycles. The third kappa shape index (κ3) is 5.64. The molecule has 0 aliphatic rings. The van der Waals surface area contributed by atoms with Gasteiger partial charge in [-0.25, -0.2) is 4.79 Å². The maximum absolute atomic E-state index is 12.1. The van der Waals surface area contributed by atoms with Crippen molar-refractivity contribution in [2.24, 2.45) is 5.92 Å². The lowest BCUT2D eigenvalue weighted by molar-refractivity contribution is -0.121. The van der Waals surface area contributed by atoms with Gasteiger partial charge < -0.3 is 5.32 Å². The Morgan fingerprint density at radius 2 is 1.54 bits per heavy atom. The van der Waals surface area contributed by atoms with Crippen LogP contribution in [0, 0.1) is 5.92 Å². The van der Waals surface area contributed by atoms with E-state index in [9.17, 15) is 9.59 Å². The van der Waals surface area contributed by atoms with Gasteiger partial charge in [0.05, 0.1) is 6.04 Å². The molecule has 0 saturated carbocycles. The van der Waals surface area contributed by atoms with Crippen molar-refractivity contribution in [3.8, 4) is 0 Å². The molecule has 3 N–H and O–H groups in total. The van der Waals surface area contributed by atoms with Crippen LogP contribution in [0.25, 0.3) is 0 Å². The van der Waals surface area contributed by atoms with Crippen molar-refractivity contribution in [3.05, 3.63) is 35.4 Å². The predicted molar refractivity (Wildman–Crippen MR) is 97.9 cm³/mol. The van der Waals surface area contributed by atoms with Gasteiger partial charge in [-0.1, -0.05) is 58.9 Å². The number of hydrogen-bond acceptors (Lipinski definition) is 3. The molecule has 1 aromatic carbocycles. The predicted octanol–water partition coefficient (Wildman–Crippen LogP) is 3.11. The summed E-state index contributed by atoms with van der Waals surface area (Å²) in [6.07, 6.45) is 0. The largest absolute Gasteiger partial charge is 0.341 e. The number of hydrogen-bond donors (Lipinski definition) is 3. The average Bonchev–Trinajstić information content (AvgIpc) is 2.51. The van der Waals surface area contributed by atoms with Gasteiger partial charge in [0, 0.05) is 13.1 Å². The number of carbonyl (C=O) groups excluding carboxylic acids is 2. The Morgan fingerprint density at radius 3 is 1.96 bits per heavy atom. The fourth-order valence-corrected chi connectivity index (χ4v) is 2.49. The highest BCUT2D eigenvalue weighted by molar-refractivity contribution is 5.96. The normalized spacial score (nSPS) is 14.2. The fourth-order valence-electron chi connectivity index (χ4n) is 2.49. The van der Waals surface area contributed by atoms with Gasteiger partial charge in [0.15, 0.2) is 0 Å². The van der Waals surface area contributed by atoms with Crippen LogP contribution in [0.5, 0.6) is 0 Å². The molecule has 1 rings (SSSR count). The van der Waals surface area contributed by atoms with E-state index in [1.807, 2.05) is 0 Å². The topological polar surface area (TPSA) is 70.2 Å². The van der Waals surface area contributed by atoms with Crippen molar-refractivity contribution in [1.82, 2.24) is 16.0 Å². The van der Waals surface area contributed by atoms with Crippen molar-refractivity contribution < 1.29 is 9.59 Å². The molecule has 0 saturated heterocycles. The lowest BCUT2D eigenvalue weighted by Crippen LogP contribution is -2.48. The highest BCUT2D eigenvalue weighted by atomic mass is 16.2. The Balaban J connectivity index is 2.87. The van der Waals surface area contributed by atoms with E-state index in [-0.39, 0.29) is 17.4 Å². The fraction of sp³-hybridized carbons (Fsp3) is 0.579. The molecule has 0 spiro atoms. The number of imide groups is 1. The minimum absolute atomic E-state index is 0.0319. The number of amides is 3. The summed E-state index contributed by atoms with van der Waals surface area (Å²) in [5.74, 6) is -0.0351. The highest BCUT2D eigenvalue weighted by Crippen LogP contribution is 2.27. The molecule has 0 radical (unpaired) electrons. The van der Waals surface area contributed by atoms with Crippen LogP contribution in [0.4, 0.5) is 4.79 Å². The van der Waals surface area contributed by atoms with E-state index in [0.29, 0.717) is 5.92 Å².